The van der Waals surface area contributed by atoms with Crippen LogP contribution in [0, 0.1) is 0 Å². The molecule has 0 aromatic heterocycles. The molecule has 2 aromatic rings. The van der Waals surface area contributed by atoms with Gasteiger partial charge in [-0.1, -0.05) is 35.9 Å². The third kappa shape index (κ3) is 6.38. The number of carbonyl (C=O) groups is 2. The van der Waals surface area contributed by atoms with Crippen LogP contribution in [0.15, 0.2) is 48.5 Å². The van der Waals surface area contributed by atoms with E-state index in [1.807, 2.05) is 12.1 Å². The third-order valence-electron chi connectivity index (χ3n) is 3.54. The van der Waals surface area contributed by atoms with Crippen molar-refractivity contribution in [1.29, 1.82) is 0 Å². The Bertz CT molecular complexity index is 727. The number of methoxy groups -OCH3 is 1. The van der Waals surface area contributed by atoms with Crippen LogP contribution in [0.25, 0.3) is 0 Å². The summed E-state index contributed by atoms with van der Waals surface area (Å²) in [4.78, 5) is 22.5. The number of aliphatic carboxylic acids is 1. The van der Waals surface area contributed by atoms with Crippen LogP contribution in [-0.2, 0) is 32.1 Å². The number of benzene rings is 2. The van der Waals surface area contributed by atoms with Crippen molar-refractivity contribution >= 4 is 23.5 Å². The lowest BCUT2D eigenvalue weighted by molar-refractivity contribution is -0.154. The van der Waals surface area contributed by atoms with Gasteiger partial charge in [0, 0.05) is 11.4 Å². The second-order valence-electron chi connectivity index (χ2n) is 5.48. The minimum Gasteiger partial charge on any atom is -0.482 e. The molecule has 26 heavy (non-hydrogen) atoms. The van der Waals surface area contributed by atoms with Gasteiger partial charge < -0.3 is 19.3 Å². The zero-order chi connectivity index (χ0) is 18.9. The molecule has 1 N–H and O–H groups in total. The summed E-state index contributed by atoms with van der Waals surface area (Å²) in [6.45, 7) is -0.162. The van der Waals surface area contributed by atoms with Crippen LogP contribution >= 0.6 is 11.6 Å². The highest BCUT2D eigenvalue weighted by molar-refractivity contribution is 6.30. The topological polar surface area (TPSA) is 82.1 Å². The molecule has 138 valence electrons. The number of hydrogen-bond acceptors (Lipinski definition) is 5. The first-order valence-corrected chi connectivity index (χ1v) is 8.23. The molecule has 0 spiro atoms. The van der Waals surface area contributed by atoms with Gasteiger partial charge in [0.05, 0.1) is 13.7 Å². The summed E-state index contributed by atoms with van der Waals surface area (Å²) < 4.78 is 15.6. The van der Waals surface area contributed by atoms with Crippen molar-refractivity contribution in [3.63, 3.8) is 0 Å². The average Bonchev–Trinajstić information content (AvgIpc) is 2.65. The van der Waals surface area contributed by atoms with Gasteiger partial charge in [-0.05, 0) is 35.4 Å². The largest absolute Gasteiger partial charge is 0.482 e. The highest BCUT2D eigenvalue weighted by atomic mass is 35.5. The molecule has 0 aliphatic rings. The molecule has 0 amide bonds. The predicted molar refractivity (Wildman–Crippen MR) is 95.3 cm³/mol. The van der Waals surface area contributed by atoms with Crippen LogP contribution in [0.5, 0.6) is 5.75 Å². The highest BCUT2D eigenvalue weighted by Crippen LogP contribution is 2.16. The van der Waals surface area contributed by atoms with Crippen molar-refractivity contribution < 1.29 is 28.9 Å². The van der Waals surface area contributed by atoms with Gasteiger partial charge in [-0.25, -0.2) is 9.59 Å². The Morgan fingerprint density at radius 2 is 1.65 bits per heavy atom. The smallest absolute Gasteiger partial charge is 0.341 e. The summed E-state index contributed by atoms with van der Waals surface area (Å²) in [5, 5.41) is 9.23. The molecule has 2 aromatic carbocycles. The summed E-state index contributed by atoms with van der Waals surface area (Å²) in [6, 6.07) is 13.9. The van der Waals surface area contributed by atoms with Gasteiger partial charge >= 0.3 is 11.9 Å². The quantitative estimate of drug-likeness (QED) is 0.675. The van der Waals surface area contributed by atoms with Gasteiger partial charge in [0.2, 0.25) is 0 Å². The number of rotatable bonds is 9. The average molecular weight is 379 g/mol. The van der Waals surface area contributed by atoms with E-state index in [1.165, 1.54) is 7.11 Å². The second kappa shape index (κ2) is 9.79. The first kappa shape index (κ1) is 19.8. The summed E-state index contributed by atoms with van der Waals surface area (Å²) in [5.41, 5.74) is 1.72. The fourth-order valence-electron chi connectivity index (χ4n) is 2.20. The number of carboxylic acid groups (broad SMARTS) is 1. The molecule has 1 unspecified atom stereocenters. The molecule has 1 atom stereocenters. The fraction of sp³-hybridized carbons (Fsp3) is 0.263. The van der Waals surface area contributed by atoms with Gasteiger partial charge in [0.25, 0.3) is 0 Å². The van der Waals surface area contributed by atoms with Gasteiger partial charge in [-0.15, -0.1) is 0 Å². The van der Waals surface area contributed by atoms with Crippen molar-refractivity contribution in [3.05, 3.63) is 64.7 Å². The minimum absolute atomic E-state index is 0.247. The monoisotopic (exact) mass is 378 g/mol. The molecule has 2 rings (SSSR count). The normalized spacial score (nSPS) is 11.6. The minimum atomic E-state index is -1.05. The molecule has 0 heterocycles. The Kier molecular flexibility index (Phi) is 7.44. The maximum atomic E-state index is 12.0. The van der Waals surface area contributed by atoms with Gasteiger partial charge in [-0.2, -0.15) is 0 Å². The fourth-order valence-corrected chi connectivity index (χ4v) is 2.33. The molecule has 7 heteroatoms. The molecular formula is C19H19ClO6. The lowest BCUT2D eigenvalue weighted by atomic mass is 10.1. The van der Waals surface area contributed by atoms with Crippen molar-refractivity contribution in [1.82, 2.24) is 0 Å². The molecule has 6 nitrogen and oxygen atoms in total. The van der Waals surface area contributed by atoms with E-state index in [4.69, 9.17) is 30.9 Å². The van der Waals surface area contributed by atoms with Gasteiger partial charge in [0.1, 0.15) is 5.75 Å². The Hall–Kier alpha value is -2.57. The molecule has 0 aliphatic carbocycles. The van der Waals surface area contributed by atoms with Crippen LogP contribution in [0.2, 0.25) is 5.02 Å². The zero-order valence-electron chi connectivity index (χ0n) is 14.2. The number of ether oxygens (including phenoxy) is 3. The number of carboxylic acids is 1. The maximum absolute atomic E-state index is 12.0. The Morgan fingerprint density at radius 3 is 2.23 bits per heavy atom. The summed E-state index contributed by atoms with van der Waals surface area (Å²) >= 11 is 5.85. The van der Waals surface area contributed by atoms with E-state index < -0.39 is 24.6 Å². The van der Waals surface area contributed by atoms with E-state index in [0.717, 1.165) is 11.1 Å². The SMILES string of the molecule is COC(=O)C(Cc1ccc(OCC(=O)O)cc1)OCc1ccc(Cl)cc1. The van der Waals surface area contributed by atoms with Crippen molar-refractivity contribution in [2.45, 2.75) is 19.1 Å². The lowest BCUT2D eigenvalue weighted by Gasteiger charge is -2.16. The van der Waals surface area contributed by atoms with Gasteiger partial charge in [0.15, 0.2) is 12.7 Å². The molecule has 0 radical (unpaired) electrons. The zero-order valence-corrected chi connectivity index (χ0v) is 14.9. The van der Waals surface area contributed by atoms with Crippen LogP contribution < -0.4 is 4.74 Å². The molecule has 0 fully saturated rings. The summed E-state index contributed by atoms with van der Waals surface area (Å²) in [5.74, 6) is -1.08. The maximum Gasteiger partial charge on any atom is 0.341 e. The van der Waals surface area contributed by atoms with Crippen LogP contribution in [-0.4, -0.2) is 36.9 Å². The van der Waals surface area contributed by atoms with Crippen LogP contribution in [0.1, 0.15) is 11.1 Å². The van der Waals surface area contributed by atoms with Crippen molar-refractivity contribution in [3.8, 4) is 5.75 Å². The summed E-state index contributed by atoms with van der Waals surface area (Å²) in [6.07, 6.45) is -0.444. The second-order valence-corrected chi connectivity index (χ2v) is 5.92. The number of halogens is 1. The van der Waals surface area contributed by atoms with E-state index in [1.54, 1.807) is 36.4 Å². The van der Waals surface area contributed by atoms with E-state index in [0.29, 0.717) is 17.2 Å². The molecule has 0 bridgehead atoms. The van der Waals surface area contributed by atoms with E-state index >= 15 is 0 Å². The van der Waals surface area contributed by atoms with Crippen LogP contribution in [0.4, 0.5) is 0 Å². The number of hydrogen-bond donors (Lipinski definition) is 1. The molecule has 0 aliphatic heterocycles. The summed E-state index contributed by atoms with van der Waals surface area (Å²) in [7, 11) is 1.31. The van der Waals surface area contributed by atoms with Crippen molar-refractivity contribution in [2.75, 3.05) is 13.7 Å². The first-order chi connectivity index (χ1) is 12.5. The molecule has 0 saturated carbocycles. The number of carbonyl (C=O) groups excluding carboxylic acids is 1. The third-order valence-corrected chi connectivity index (χ3v) is 3.79. The standard InChI is InChI=1S/C19H19ClO6/c1-24-19(23)17(26-11-14-2-6-15(20)7-3-14)10-13-4-8-16(9-5-13)25-12-18(21)22/h2-9,17H,10-12H2,1H3,(H,21,22). The Balaban J connectivity index is 1.97. The Labute approximate surface area is 156 Å². The van der Waals surface area contributed by atoms with E-state index in [2.05, 4.69) is 0 Å². The Morgan fingerprint density at radius 1 is 1.04 bits per heavy atom. The molecule has 0 saturated heterocycles. The van der Waals surface area contributed by atoms with E-state index in [-0.39, 0.29) is 6.61 Å². The molecular weight excluding hydrogens is 360 g/mol. The number of esters is 1. The van der Waals surface area contributed by atoms with Crippen molar-refractivity contribution in [2.24, 2.45) is 0 Å². The first-order valence-electron chi connectivity index (χ1n) is 7.85. The predicted octanol–water partition coefficient (Wildman–Crippen LogP) is 3.10. The van der Waals surface area contributed by atoms with Gasteiger partial charge in [-0.3, -0.25) is 0 Å². The highest BCUT2D eigenvalue weighted by Gasteiger charge is 2.20. The lowest BCUT2D eigenvalue weighted by Crippen LogP contribution is -2.28. The van der Waals surface area contributed by atoms with Crippen LogP contribution in [0.3, 0.4) is 0 Å². The van der Waals surface area contributed by atoms with E-state index in [9.17, 15) is 9.59 Å².